The third kappa shape index (κ3) is 25.4. The van der Waals surface area contributed by atoms with Gasteiger partial charge in [-0.2, -0.15) is 0 Å². The molecule has 10 nitrogen and oxygen atoms in total. The Balaban J connectivity index is 1.87. The number of hydrogen-bond donors (Lipinski definition) is 3. The third-order valence-corrected chi connectivity index (χ3v) is 15.2. The Labute approximate surface area is 427 Å². The van der Waals surface area contributed by atoms with Gasteiger partial charge in [0, 0.05) is 58.9 Å². The Hall–Kier alpha value is -3.31. The number of carboxylic acids is 3. The summed E-state index contributed by atoms with van der Waals surface area (Å²) < 4.78 is 0. The quantitative estimate of drug-likeness (QED) is 0.0560. The summed E-state index contributed by atoms with van der Waals surface area (Å²) in [5.41, 5.74) is 5.06. The lowest BCUT2D eigenvalue weighted by atomic mass is 9.99. The number of aliphatic carboxylic acids is 3. The van der Waals surface area contributed by atoms with E-state index in [-0.39, 0.29) is 0 Å². The molecule has 10 heteroatoms. The molecule has 3 unspecified atom stereocenters. The summed E-state index contributed by atoms with van der Waals surface area (Å²) in [5, 5.41) is 32.3. The first-order valence-corrected chi connectivity index (χ1v) is 28.9. The molecule has 3 atom stereocenters. The molecule has 1 fully saturated rings. The fraction of sp³-hybridized carbons (Fsp3) is 0.750. The number of carboxylic acid groups (broad SMARTS) is 3. The molecule has 0 aromatic heterocycles. The average Bonchev–Trinajstić information content (AvgIpc) is 3.35. The van der Waals surface area contributed by atoms with Crippen molar-refractivity contribution in [3.8, 4) is 11.1 Å². The smallest absolute Gasteiger partial charge is 0.320 e. The van der Waals surface area contributed by atoms with E-state index in [0.717, 1.165) is 90.0 Å². The second-order valence-electron chi connectivity index (χ2n) is 20.8. The van der Waals surface area contributed by atoms with Crippen molar-refractivity contribution in [2.75, 3.05) is 58.9 Å². The summed E-state index contributed by atoms with van der Waals surface area (Å²) in [6.45, 7) is 13.8. The van der Waals surface area contributed by atoms with E-state index >= 15 is 0 Å². The van der Waals surface area contributed by atoms with Gasteiger partial charge in [0.1, 0.15) is 18.1 Å². The molecule has 3 N–H and O–H groups in total. The molecular formula is C60H102N4O6. The number of nitrogens with zero attached hydrogens (tertiary/aromatic N) is 4. The molecule has 398 valence electrons. The summed E-state index contributed by atoms with van der Waals surface area (Å²) in [6, 6.07) is 16.0. The molecule has 0 saturated carbocycles. The molecule has 1 saturated heterocycles. The Morgan fingerprint density at radius 3 is 0.957 bits per heavy atom. The van der Waals surface area contributed by atoms with Crippen molar-refractivity contribution in [2.45, 2.75) is 232 Å². The van der Waals surface area contributed by atoms with Crippen molar-refractivity contribution in [3.63, 3.8) is 0 Å². The number of benzene rings is 2. The van der Waals surface area contributed by atoms with Gasteiger partial charge in [-0.3, -0.25) is 29.1 Å². The summed E-state index contributed by atoms with van der Waals surface area (Å²) in [7, 11) is 0. The molecule has 0 aliphatic carbocycles. The maximum atomic E-state index is 13.2. The van der Waals surface area contributed by atoms with Gasteiger partial charge in [0.05, 0.1) is 0 Å². The van der Waals surface area contributed by atoms with E-state index in [4.69, 9.17) is 0 Å². The number of rotatable bonds is 38. The molecule has 0 radical (unpaired) electrons. The summed E-state index contributed by atoms with van der Waals surface area (Å²) >= 11 is 0. The first-order chi connectivity index (χ1) is 34.1. The van der Waals surface area contributed by atoms with E-state index in [1.807, 2.05) is 0 Å². The van der Waals surface area contributed by atoms with Crippen LogP contribution >= 0.6 is 0 Å². The fourth-order valence-electron chi connectivity index (χ4n) is 10.5. The van der Waals surface area contributed by atoms with Crippen molar-refractivity contribution in [3.05, 3.63) is 59.7 Å². The summed E-state index contributed by atoms with van der Waals surface area (Å²) in [6.07, 6.45) is 30.9. The lowest BCUT2D eigenvalue weighted by Crippen LogP contribution is -2.55. The highest BCUT2D eigenvalue weighted by molar-refractivity contribution is 5.74. The maximum Gasteiger partial charge on any atom is 0.320 e. The zero-order valence-corrected chi connectivity index (χ0v) is 45.1. The minimum absolute atomic E-state index is 0.421. The minimum Gasteiger partial charge on any atom is -0.480 e. The van der Waals surface area contributed by atoms with E-state index in [1.165, 1.54) is 106 Å². The first-order valence-electron chi connectivity index (χ1n) is 28.9. The van der Waals surface area contributed by atoms with E-state index in [2.05, 4.69) is 95.8 Å². The van der Waals surface area contributed by atoms with Crippen LogP contribution in [0.5, 0.6) is 0 Å². The largest absolute Gasteiger partial charge is 0.480 e. The summed E-state index contributed by atoms with van der Waals surface area (Å²) in [4.78, 5) is 48.1. The molecule has 1 heterocycles. The van der Waals surface area contributed by atoms with Crippen LogP contribution in [0.4, 0.5) is 0 Å². The Morgan fingerprint density at radius 1 is 0.371 bits per heavy atom. The van der Waals surface area contributed by atoms with Crippen LogP contribution in [0.1, 0.15) is 212 Å². The van der Waals surface area contributed by atoms with Gasteiger partial charge in [-0.25, -0.2) is 0 Å². The fourth-order valence-corrected chi connectivity index (χ4v) is 10.5. The predicted octanol–water partition coefficient (Wildman–Crippen LogP) is 13.6. The Bertz CT molecular complexity index is 1590. The van der Waals surface area contributed by atoms with Gasteiger partial charge >= 0.3 is 17.9 Å². The molecule has 1 aliphatic rings. The normalized spacial score (nSPS) is 16.3. The van der Waals surface area contributed by atoms with Crippen LogP contribution in [0.15, 0.2) is 48.5 Å². The number of unbranched alkanes of at least 4 members (excludes halogenated alkanes) is 20. The molecule has 70 heavy (non-hydrogen) atoms. The highest BCUT2D eigenvalue weighted by Crippen LogP contribution is 2.23. The SMILES string of the molecule is CCCCCCCCc1ccc(-c2ccc(CCN3CCN(C(CCCCCCCC)C(=O)O)CCN(C(CCCCCCCC)C(=O)O)CCN(C(CCCCCCCC)C(=O)O)CC3)cc2)cc1. The zero-order valence-electron chi connectivity index (χ0n) is 45.1. The molecular weight excluding hydrogens is 873 g/mol. The minimum atomic E-state index is -0.849. The van der Waals surface area contributed by atoms with Crippen molar-refractivity contribution in [1.29, 1.82) is 0 Å². The highest BCUT2D eigenvalue weighted by atomic mass is 16.4. The number of hydrogen-bond acceptors (Lipinski definition) is 7. The molecule has 2 aromatic carbocycles. The van der Waals surface area contributed by atoms with Gasteiger partial charge < -0.3 is 20.2 Å². The second kappa shape index (κ2) is 38.3. The standard InChI is InChI=1S/C60H102N4O6/c1-5-9-13-17-21-25-29-51-33-37-53(38-34-51)54-39-35-52(36-40-54)41-42-61-43-45-62(55(58(65)66)30-26-22-18-14-10-6-2)47-49-64(57(60(69)70)32-28-24-20-16-12-8-4)50-48-63(46-44-61)56(59(67)68)31-27-23-19-15-11-7-3/h33-40,55-57H,5-32,41-50H2,1-4H3,(H,65,66)(H,67,68)(H,69,70). The van der Waals surface area contributed by atoms with Crippen LogP contribution < -0.4 is 0 Å². The van der Waals surface area contributed by atoms with Gasteiger partial charge in [-0.15, -0.1) is 0 Å². The van der Waals surface area contributed by atoms with Gasteiger partial charge in [-0.05, 0) is 60.8 Å². The predicted molar refractivity (Wildman–Crippen MR) is 292 cm³/mol. The number of aryl methyl sites for hydroxylation is 1. The molecule has 0 amide bonds. The van der Waals surface area contributed by atoms with Gasteiger partial charge in [0.15, 0.2) is 0 Å². The van der Waals surface area contributed by atoms with Gasteiger partial charge in [0.25, 0.3) is 0 Å². The monoisotopic (exact) mass is 975 g/mol. The topological polar surface area (TPSA) is 125 Å². The van der Waals surface area contributed by atoms with E-state index in [0.29, 0.717) is 71.6 Å². The molecule has 2 aromatic rings. The second-order valence-corrected chi connectivity index (χ2v) is 20.8. The van der Waals surface area contributed by atoms with E-state index < -0.39 is 36.0 Å². The van der Waals surface area contributed by atoms with Gasteiger partial charge in [0.2, 0.25) is 0 Å². The van der Waals surface area contributed by atoms with Gasteiger partial charge in [-0.1, -0.05) is 224 Å². The van der Waals surface area contributed by atoms with Crippen molar-refractivity contribution < 1.29 is 29.7 Å². The lowest BCUT2D eigenvalue weighted by molar-refractivity contribution is -0.147. The van der Waals surface area contributed by atoms with Crippen LogP contribution in [-0.2, 0) is 27.2 Å². The molecule has 3 rings (SSSR count). The van der Waals surface area contributed by atoms with E-state index in [1.54, 1.807) is 0 Å². The summed E-state index contributed by atoms with van der Waals surface area (Å²) in [5.74, 6) is -2.46. The van der Waals surface area contributed by atoms with Crippen LogP contribution in [-0.4, -0.2) is 130 Å². The third-order valence-electron chi connectivity index (χ3n) is 15.2. The zero-order chi connectivity index (χ0) is 50.6. The molecule has 0 bridgehead atoms. The van der Waals surface area contributed by atoms with Crippen LogP contribution in [0.3, 0.4) is 0 Å². The Kier molecular flexibility index (Phi) is 33.4. The van der Waals surface area contributed by atoms with Crippen molar-refractivity contribution in [2.24, 2.45) is 0 Å². The lowest BCUT2D eigenvalue weighted by Gasteiger charge is -2.39. The van der Waals surface area contributed by atoms with Crippen molar-refractivity contribution in [1.82, 2.24) is 19.6 Å². The highest BCUT2D eigenvalue weighted by Gasteiger charge is 2.32. The maximum absolute atomic E-state index is 13.2. The van der Waals surface area contributed by atoms with E-state index in [9.17, 15) is 29.7 Å². The first kappa shape index (κ1) is 61.0. The van der Waals surface area contributed by atoms with Crippen LogP contribution in [0.2, 0.25) is 0 Å². The Morgan fingerprint density at radius 2 is 0.643 bits per heavy atom. The molecule has 0 spiro atoms. The number of carbonyl (C=O) groups is 3. The average molecular weight is 975 g/mol. The van der Waals surface area contributed by atoms with Crippen LogP contribution in [0.25, 0.3) is 11.1 Å². The van der Waals surface area contributed by atoms with Crippen molar-refractivity contribution >= 4 is 17.9 Å². The van der Waals surface area contributed by atoms with Crippen LogP contribution in [0, 0.1) is 0 Å². The molecule has 1 aliphatic heterocycles.